The van der Waals surface area contributed by atoms with E-state index in [9.17, 15) is 5.11 Å². The van der Waals surface area contributed by atoms with Gasteiger partial charge in [0, 0.05) is 18.7 Å². The first-order valence-electron chi connectivity index (χ1n) is 8.26. The van der Waals surface area contributed by atoms with Crippen LogP contribution in [0.15, 0.2) is 47.5 Å². The van der Waals surface area contributed by atoms with Crippen LogP contribution in [0.1, 0.15) is 11.1 Å². The van der Waals surface area contributed by atoms with Crippen molar-refractivity contribution in [2.45, 2.75) is 0 Å². The molecule has 1 heterocycles. The molecule has 2 N–H and O–H groups in total. The molecule has 0 spiro atoms. The maximum absolute atomic E-state index is 10.5. The lowest BCUT2D eigenvalue weighted by Crippen LogP contribution is -2.15. The summed E-state index contributed by atoms with van der Waals surface area (Å²) in [6.45, 7) is 1.28. The summed E-state index contributed by atoms with van der Waals surface area (Å²) in [6, 6.07) is 11.0. The molecule has 2 aromatic carbocycles. The van der Waals surface area contributed by atoms with Gasteiger partial charge >= 0.3 is 0 Å². The molecule has 6 heteroatoms. The molecule has 3 rings (SSSR count). The second-order valence-electron chi connectivity index (χ2n) is 5.70. The minimum Gasteiger partial charge on any atom is -0.507 e. The fraction of sp³-hybridized carbons (Fsp3) is 0.250. The topological polar surface area (TPSA) is 72.3 Å². The van der Waals surface area contributed by atoms with Crippen LogP contribution in [-0.2, 0) is 0 Å². The van der Waals surface area contributed by atoms with Gasteiger partial charge in [-0.2, -0.15) is 0 Å². The van der Waals surface area contributed by atoms with Crippen molar-refractivity contribution < 1.29 is 19.3 Å². The number of rotatable bonds is 5. The van der Waals surface area contributed by atoms with Gasteiger partial charge in [0.25, 0.3) is 0 Å². The van der Waals surface area contributed by atoms with Gasteiger partial charge in [0.2, 0.25) is 0 Å². The molecule has 0 aromatic heterocycles. The fourth-order valence-electron chi connectivity index (χ4n) is 2.82. The normalized spacial score (nSPS) is 13.8. The average molecular weight is 354 g/mol. The number of nitrogens with zero attached hydrogens (tertiary/aromatic N) is 1. The second-order valence-corrected chi connectivity index (χ2v) is 5.70. The number of benzene rings is 2. The third-order valence-electron chi connectivity index (χ3n) is 4.16. The molecular weight excluding hydrogens is 332 g/mol. The highest BCUT2D eigenvalue weighted by atomic mass is 16.5. The Morgan fingerprint density at radius 1 is 0.962 bits per heavy atom. The van der Waals surface area contributed by atoms with E-state index in [1.54, 1.807) is 33.5 Å². The van der Waals surface area contributed by atoms with Gasteiger partial charge in [-0.1, -0.05) is 0 Å². The first-order valence-corrected chi connectivity index (χ1v) is 8.26. The predicted octanol–water partition coefficient (Wildman–Crippen LogP) is 2.85. The van der Waals surface area contributed by atoms with Gasteiger partial charge < -0.3 is 24.6 Å². The van der Waals surface area contributed by atoms with Gasteiger partial charge in [0.1, 0.15) is 23.0 Å². The molecule has 0 bridgehead atoms. The van der Waals surface area contributed by atoms with Gasteiger partial charge in [-0.05, 0) is 35.9 Å². The number of allylic oxidation sites excluding steroid dienone is 1. The van der Waals surface area contributed by atoms with Crippen molar-refractivity contribution in [1.82, 2.24) is 5.32 Å². The van der Waals surface area contributed by atoms with E-state index in [0.717, 1.165) is 22.7 Å². The van der Waals surface area contributed by atoms with E-state index in [-0.39, 0.29) is 5.75 Å². The molecule has 1 aliphatic rings. The Balaban J connectivity index is 2.04. The van der Waals surface area contributed by atoms with Gasteiger partial charge in [0.15, 0.2) is 0 Å². The lowest BCUT2D eigenvalue weighted by molar-refractivity contribution is 0.383. The summed E-state index contributed by atoms with van der Waals surface area (Å²) in [4.78, 5) is 4.63. The van der Waals surface area contributed by atoms with E-state index in [1.165, 1.54) is 0 Å². The molecule has 0 unspecified atom stereocenters. The van der Waals surface area contributed by atoms with E-state index in [2.05, 4.69) is 10.3 Å². The third kappa shape index (κ3) is 3.59. The Morgan fingerprint density at radius 3 is 2.35 bits per heavy atom. The highest BCUT2D eigenvalue weighted by Crippen LogP contribution is 2.37. The number of phenols is 1. The van der Waals surface area contributed by atoms with Gasteiger partial charge in [-0.15, -0.1) is 0 Å². The first kappa shape index (κ1) is 17.7. The Hall–Kier alpha value is -3.15. The van der Waals surface area contributed by atoms with Crippen molar-refractivity contribution in [2.24, 2.45) is 4.99 Å². The Morgan fingerprint density at radius 2 is 1.69 bits per heavy atom. The molecule has 0 saturated heterocycles. The van der Waals surface area contributed by atoms with E-state index in [0.29, 0.717) is 30.2 Å². The third-order valence-corrected chi connectivity index (χ3v) is 4.16. The average Bonchev–Trinajstić information content (AvgIpc) is 2.93. The maximum atomic E-state index is 10.5. The molecular formula is C20H22N2O4. The van der Waals surface area contributed by atoms with Gasteiger partial charge in [-0.25, -0.2) is 0 Å². The first-order chi connectivity index (χ1) is 12.7. The summed E-state index contributed by atoms with van der Waals surface area (Å²) < 4.78 is 15.9. The number of hydrogen-bond donors (Lipinski definition) is 2. The van der Waals surface area contributed by atoms with Gasteiger partial charge in [0.05, 0.1) is 44.8 Å². The monoisotopic (exact) mass is 354 g/mol. The lowest BCUT2D eigenvalue weighted by Gasteiger charge is -2.16. The number of methoxy groups -OCH3 is 3. The van der Waals surface area contributed by atoms with Crippen molar-refractivity contribution in [1.29, 1.82) is 0 Å². The van der Waals surface area contributed by atoms with Crippen LogP contribution < -0.4 is 19.5 Å². The van der Waals surface area contributed by atoms with E-state index in [1.807, 2.05) is 30.3 Å². The van der Waals surface area contributed by atoms with Gasteiger partial charge in [-0.3, -0.25) is 4.99 Å². The summed E-state index contributed by atoms with van der Waals surface area (Å²) in [6.07, 6.45) is 1.92. The standard InChI is InChI=1S/C20H22N2O4/c1-24-14-6-4-13(5-7-14)16-12-17(22-9-8-21-16)20-18(23)10-15(25-2)11-19(20)26-3/h4-7,10-12,22-23H,8-9H2,1-3H3. The minimum absolute atomic E-state index is 0.0796. The highest BCUT2D eigenvalue weighted by Gasteiger charge is 2.18. The Labute approximate surface area is 152 Å². The smallest absolute Gasteiger partial charge is 0.135 e. The summed E-state index contributed by atoms with van der Waals surface area (Å²) in [5.41, 5.74) is 3.12. The molecule has 0 saturated carbocycles. The summed E-state index contributed by atoms with van der Waals surface area (Å²) >= 11 is 0. The highest BCUT2D eigenvalue weighted by molar-refractivity contribution is 6.12. The largest absolute Gasteiger partial charge is 0.507 e. The minimum atomic E-state index is 0.0796. The van der Waals surface area contributed by atoms with Crippen LogP contribution in [0.4, 0.5) is 0 Å². The fourth-order valence-corrected chi connectivity index (χ4v) is 2.82. The molecule has 0 amide bonds. The number of nitrogens with one attached hydrogen (secondary N) is 1. The van der Waals surface area contributed by atoms with Crippen LogP contribution >= 0.6 is 0 Å². The lowest BCUT2D eigenvalue weighted by atomic mass is 10.0. The van der Waals surface area contributed by atoms with Crippen LogP contribution in [0.5, 0.6) is 23.0 Å². The molecule has 0 fully saturated rings. The van der Waals surface area contributed by atoms with E-state index < -0.39 is 0 Å². The number of aliphatic imine (C=N–C) groups is 1. The van der Waals surface area contributed by atoms with Crippen molar-refractivity contribution in [3.63, 3.8) is 0 Å². The maximum Gasteiger partial charge on any atom is 0.135 e. The zero-order valence-corrected chi connectivity index (χ0v) is 15.1. The number of phenolic OH excluding ortho intramolecular Hbond substituents is 1. The van der Waals surface area contributed by atoms with Crippen LogP contribution in [0.2, 0.25) is 0 Å². The number of hydrogen-bond acceptors (Lipinski definition) is 6. The van der Waals surface area contributed by atoms with E-state index in [4.69, 9.17) is 14.2 Å². The predicted molar refractivity (Wildman–Crippen MR) is 102 cm³/mol. The summed E-state index contributed by atoms with van der Waals surface area (Å²) in [5.74, 6) is 1.92. The van der Waals surface area contributed by atoms with Crippen molar-refractivity contribution >= 4 is 11.4 Å². The summed E-state index contributed by atoms with van der Waals surface area (Å²) in [7, 11) is 4.75. The number of aromatic hydroxyl groups is 1. The van der Waals surface area contributed by atoms with E-state index >= 15 is 0 Å². The van der Waals surface area contributed by atoms with Crippen molar-refractivity contribution in [3.8, 4) is 23.0 Å². The molecule has 2 aromatic rings. The zero-order valence-electron chi connectivity index (χ0n) is 15.1. The summed E-state index contributed by atoms with van der Waals surface area (Å²) in [5, 5.41) is 13.8. The van der Waals surface area contributed by atoms with Crippen LogP contribution in [0.3, 0.4) is 0 Å². The van der Waals surface area contributed by atoms with Crippen molar-refractivity contribution in [2.75, 3.05) is 34.4 Å². The number of ether oxygens (including phenoxy) is 3. The zero-order chi connectivity index (χ0) is 18.5. The molecule has 0 atom stereocenters. The van der Waals surface area contributed by atoms with Crippen molar-refractivity contribution in [3.05, 3.63) is 53.6 Å². The van der Waals surface area contributed by atoms with Crippen LogP contribution in [0.25, 0.3) is 5.70 Å². The molecule has 6 nitrogen and oxygen atoms in total. The molecule has 136 valence electrons. The van der Waals surface area contributed by atoms with Crippen LogP contribution in [0, 0.1) is 0 Å². The SMILES string of the molecule is COc1ccc(C2=NCCNC(c3c(O)cc(OC)cc3OC)=C2)cc1. The molecule has 0 aliphatic carbocycles. The Kier molecular flexibility index (Phi) is 5.31. The Bertz CT molecular complexity index is 842. The molecule has 0 radical (unpaired) electrons. The van der Waals surface area contributed by atoms with Crippen LogP contribution in [-0.4, -0.2) is 45.2 Å². The molecule has 26 heavy (non-hydrogen) atoms. The molecule has 1 aliphatic heterocycles. The second kappa shape index (κ2) is 7.82. The quantitative estimate of drug-likeness (QED) is 0.864.